The van der Waals surface area contributed by atoms with E-state index in [1.165, 1.54) is 0 Å². The van der Waals surface area contributed by atoms with Crippen LogP contribution in [0.2, 0.25) is 0 Å². The minimum Gasteiger partial charge on any atom is -0.464 e. The largest absolute Gasteiger partial charge is 0.464 e. The van der Waals surface area contributed by atoms with Crippen molar-refractivity contribution in [1.82, 2.24) is 9.71 Å². The zero-order valence-electron chi connectivity index (χ0n) is 14.6. The van der Waals surface area contributed by atoms with E-state index in [9.17, 15) is 4.39 Å². The van der Waals surface area contributed by atoms with Gasteiger partial charge in [0.05, 0.1) is 26.3 Å². The van der Waals surface area contributed by atoms with Crippen molar-refractivity contribution in [2.45, 2.75) is 38.4 Å². The fraction of sp³-hybridized carbons (Fsp3) is 0.316. The Morgan fingerprint density at radius 3 is 2.80 bits per heavy atom. The number of hydrogen-bond acceptors (Lipinski definition) is 4. The molecule has 2 heterocycles. The quantitative estimate of drug-likeness (QED) is 0.526. The molecule has 0 unspecified atom stereocenters. The molecule has 3 aromatic rings. The molecule has 0 aliphatic carbocycles. The van der Waals surface area contributed by atoms with Crippen molar-refractivity contribution in [3.8, 4) is 11.1 Å². The lowest BCUT2D eigenvalue weighted by Crippen LogP contribution is -2.17. The Bertz CT molecular complexity index is 889. The molecule has 0 aliphatic heterocycles. The van der Waals surface area contributed by atoms with Crippen molar-refractivity contribution in [1.29, 1.82) is 0 Å². The van der Waals surface area contributed by atoms with Crippen LogP contribution in [0, 0.1) is 5.82 Å². The molecule has 2 radical (unpaired) electrons. The van der Waals surface area contributed by atoms with Gasteiger partial charge in [0.1, 0.15) is 5.58 Å². The second-order valence-electron chi connectivity index (χ2n) is 6.83. The van der Waals surface area contributed by atoms with Gasteiger partial charge in [-0.2, -0.15) is 0 Å². The monoisotopic (exact) mass is 354 g/mol. The normalized spacial score (nSPS) is 12.0. The summed E-state index contributed by atoms with van der Waals surface area (Å²) in [5.74, 6) is -0.304. The van der Waals surface area contributed by atoms with Crippen LogP contribution in [0.4, 0.5) is 4.39 Å². The fourth-order valence-corrected chi connectivity index (χ4v) is 3.20. The molecule has 0 spiro atoms. The van der Waals surface area contributed by atoms with Gasteiger partial charge >= 0.3 is 0 Å². The molecule has 25 heavy (non-hydrogen) atoms. The van der Waals surface area contributed by atoms with Crippen LogP contribution >= 0.6 is 11.9 Å². The Balaban J connectivity index is 1.91. The molecule has 0 fully saturated rings. The van der Waals surface area contributed by atoms with Crippen molar-refractivity contribution in [3.05, 3.63) is 53.8 Å². The molecular weight excluding hydrogens is 334 g/mol. The van der Waals surface area contributed by atoms with Crippen molar-refractivity contribution in [2.75, 3.05) is 0 Å². The van der Waals surface area contributed by atoms with E-state index in [1.54, 1.807) is 30.5 Å². The maximum Gasteiger partial charge on any atom is 0.153 e. The third-order valence-electron chi connectivity index (χ3n) is 3.76. The lowest BCUT2D eigenvalue weighted by Gasteiger charge is -2.17. The first-order valence-electron chi connectivity index (χ1n) is 8.14. The van der Waals surface area contributed by atoms with E-state index >= 15 is 0 Å². The van der Waals surface area contributed by atoms with E-state index in [-0.39, 0.29) is 10.6 Å². The summed E-state index contributed by atoms with van der Waals surface area (Å²) >= 11 is 1.56. The zero-order chi connectivity index (χ0) is 18.0. The summed E-state index contributed by atoms with van der Waals surface area (Å²) in [5.41, 5.74) is 3.38. The van der Waals surface area contributed by atoms with Crippen molar-refractivity contribution in [2.24, 2.45) is 0 Å². The number of halogens is 1. The second-order valence-corrected chi connectivity index (χ2v) is 8.55. The number of fused-ring (bicyclic) bond motifs is 1. The lowest BCUT2D eigenvalue weighted by atomic mass is 9.95. The zero-order valence-corrected chi connectivity index (χ0v) is 15.4. The maximum atomic E-state index is 14.9. The summed E-state index contributed by atoms with van der Waals surface area (Å²) in [4.78, 5) is 4.18. The summed E-state index contributed by atoms with van der Waals surface area (Å²) in [6.45, 7) is 6.66. The molecule has 3 rings (SSSR count). The second kappa shape index (κ2) is 7.22. The van der Waals surface area contributed by atoms with Crippen LogP contribution in [0.5, 0.6) is 0 Å². The van der Waals surface area contributed by atoms with Gasteiger partial charge in [-0.15, -0.1) is 0 Å². The third kappa shape index (κ3) is 4.07. The minimum atomic E-state index is -0.304. The van der Waals surface area contributed by atoms with E-state index in [2.05, 4.69) is 30.5 Å². The van der Waals surface area contributed by atoms with Gasteiger partial charge in [0, 0.05) is 21.9 Å². The molecular formula is C19H20BFN2OS. The van der Waals surface area contributed by atoms with Gasteiger partial charge < -0.3 is 4.42 Å². The molecule has 0 atom stereocenters. The number of nitrogens with one attached hydrogen (secondary N) is 1. The number of nitrogens with zero attached hydrogens (tertiary/aromatic N) is 1. The van der Waals surface area contributed by atoms with Gasteiger partial charge in [0.15, 0.2) is 5.82 Å². The van der Waals surface area contributed by atoms with Gasteiger partial charge in [0.25, 0.3) is 0 Å². The van der Waals surface area contributed by atoms with Crippen LogP contribution in [-0.4, -0.2) is 17.6 Å². The summed E-state index contributed by atoms with van der Waals surface area (Å²) in [6.07, 6.45) is 3.67. The van der Waals surface area contributed by atoms with E-state index in [1.807, 2.05) is 18.2 Å². The molecule has 1 aromatic carbocycles. The maximum absolute atomic E-state index is 14.9. The number of aromatic nitrogens is 1. The third-order valence-corrected chi connectivity index (χ3v) is 4.67. The number of benzene rings is 1. The van der Waals surface area contributed by atoms with Gasteiger partial charge in [-0.05, 0) is 50.1 Å². The SMILES string of the molecule is [B]Cc1coc2ccc(-c3ccnc(CNSC(C)(C)C)c3F)cc12. The van der Waals surface area contributed by atoms with Gasteiger partial charge in [0.2, 0.25) is 0 Å². The predicted molar refractivity (Wildman–Crippen MR) is 103 cm³/mol. The first kappa shape index (κ1) is 18.0. The Hall–Kier alpha value is -1.79. The molecule has 0 saturated carbocycles. The van der Waals surface area contributed by atoms with E-state index in [0.717, 1.165) is 22.1 Å². The molecule has 2 aromatic heterocycles. The predicted octanol–water partition coefficient (Wildman–Crippen LogP) is 4.84. The lowest BCUT2D eigenvalue weighted by molar-refractivity contribution is 0.599. The summed E-state index contributed by atoms with van der Waals surface area (Å²) in [7, 11) is 5.74. The highest BCUT2D eigenvalue weighted by Crippen LogP contribution is 2.30. The highest BCUT2D eigenvalue weighted by Gasteiger charge is 2.15. The fourth-order valence-electron chi connectivity index (χ4n) is 2.56. The van der Waals surface area contributed by atoms with Gasteiger partial charge in [-0.3, -0.25) is 9.71 Å². The van der Waals surface area contributed by atoms with Crippen LogP contribution in [0.3, 0.4) is 0 Å². The van der Waals surface area contributed by atoms with Crippen molar-refractivity contribution >= 4 is 30.8 Å². The molecule has 6 heteroatoms. The Morgan fingerprint density at radius 1 is 1.28 bits per heavy atom. The smallest absolute Gasteiger partial charge is 0.153 e. The van der Waals surface area contributed by atoms with Crippen LogP contribution in [0.25, 0.3) is 22.1 Å². The average molecular weight is 354 g/mol. The molecule has 0 amide bonds. The Morgan fingerprint density at radius 2 is 2.08 bits per heavy atom. The molecule has 128 valence electrons. The topological polar surface area (TPSA) is 38.1 Å². The minimum absolute atomic E-state index is 0.0546. The molecule has 0 bridgehead atoms. The van der Waals surface area contributed by atoms with E-state index < -0.39 is 0 Å². The molecule has 0 aliphatic rings. The molecule has 1 N–H and O–H groups in total. The van der Waals surface area contributed by atoms with Crippen LogP contribution in [-0.2, 0) is 12.9 Å². The van der Waals surface area contributed by atoms with Gasteiger partial charge in [-0.1, -0.05) is 24.3 Å². The Kier molecular flexibility index (Phi) is 5.20. The van der Waals surface area contributed by atoms with Crippen LogP contribution < -0.4 is 4.72 Å². The number of pyridine rings is 1. The number of hydrogen-bond donors (Lipinski definition) is 1. The standard InChI is InChI=1S/C19H20BFN2OS/c1-19(2,3)25-23-10-16-18(21)14(6-7-22-16)12-4-5-17-15(8-12)13(9-20)11-24-17/h4-8,11,23H,9-10H2,1-3H3. The number of rotatable bonds is 5. The van der Waals surface area contributed by atoms with Gasteiger partial charge in [-0.25, -0.2) is 4.39 Å². The van der Waals surface area contributed by atoms with Crippen molar-refractivity contribution in [3.63, 3.8) is 0 Å². The first-order valence-corrected chi connectivity index (χ1v) is 8.95. The summed E-state index contributed by atoms with van der Waals surface area (Å²) < 4.78 is 23.6. The van der Waals surface area contributed by atoms with Crippen LogP contribution in [0.1, 0.15) is 32.0 Å². The average Bonchev–Trinajstić information content (AvgIpc) is 2.97. The Labute approximate surface area is 152 Å². The highest BCUT2D eigenvalue weighted by atomic mass is 32.2. The summed E-state index contributed by atoms with van der Waals surface area (Å²) in [5, 5.41) is 0.916. The van der Waals surface area contributed by atoms with E-state index in [0.29, 0.717) is 24.1 Å². The number of furan rings is 1. The van der Waals surface area contributed by atoms with Crippen molar-refractivity contribution < 1.29 is 8.81 Å². The molecule has 3 nitrogen and oxygen atoms in total. The van der Waals surface area contributed by atoms with E-state index in [4.69, 9.17) is 12.3 Å². The first-order chi connectivity index (χ1) is 11.9. The highest BCUT2D eigenvalue weighted by molar-refractivity contribution is 7.98. The van der Waals surface area contributed by atoms with Crippen LogP contribution in [0.15, 0.2) is 41.1 Å². The molecule has 0 saturated heterocycles. The summed E-state index contributed by atoms with van der Waals surface area (Å²) in [6, 6.07) is 7.31.